The van der Waals surface area contributed by atoms with Gasteiger partial charge >= 0.3 is 0 Å². The number of hydrogen-bond donors (Lipinski definition) is 2. The summed E-state index contributed by atoms with van der Waals surface area (Å²) in [4.78, 5) is 5.75. The van der Waals surface area contributed by atoms with E-state index in [1.165, 1.54) is 0 Å². The van der Waals surface area contributed by atoms with Gasteiger partial charge in [0.15, 0.2) is 5.65 Å². The lowest BCUT2D eigenvalue weighted by molar-refractivity contribution is 0.117. The van der Waals surface area contributed by atoms with E-state index in [4.69, 9.17) is 9.26 Å². The van der Waals surface area contributed by atoms with Gasteiger partial charge in [0.1, 0.15) is 18.1 Å². The standard InChI is InChI=1S/C25H29N5O3/c1-15(2)16(3)23-12-24(29-33-23)32-9-8-30-13-18(14-30)20-10-17-11-21(27-28-25(17)26-20)19-6-4-5-7-22(19)31/h4-7,10-12,15-16,18,31H,8-9,13-14H2,1-3H3,(H,26,28)/t16-/m1/s1. The van der Waals surface area contributed by atoms with Crippen molar-refractivity contribution in [1.82, 2.24) is 25.2 Å². The number of hydrogen-bond acceptors (Lipinski definition) is 7. The first-order valence-corrected chi connectivity index (χ1v) is 11.4. The minimum atomic E-state index is 0.204. The average molecular weight is 448 g/mol. The lowest BCUT2D eigenvalue weighted by atomic mass is 9.96. The number of likely N-dealkylation sites (tertiary alicyclic amines) is 1. The van der Waals surface area contributed by atoms with Gasteiger partial charge in [0.25, 0.3) is 5.88 Å². The molecule has 172 valence electrons. The van der Waals surface area contributed by atoms with Crippen molar-refractivity contribution >= 4 is 11.0 Å². The second-order valence-corrected chi connectivity index (χ2v) is 9.18. The van der Waals surface area contributed by atoms with Crippen LogP contribution in [-0.4, -0.2) is 56.6 Å². The van der Waals surface area contributed by atoms with Gasteiger partial charge in [0.2, 0.25) is 0 Å². The SMILES string of the molecule is CC(C)[C@@H](C)c1cc(OCCN2CC(c3cc4cc(-c5ccccc5O)nnc4[nH]3)C2)no1. The Hall–Kier alpha value is -3.39. The van der Waals surface area contributed by atoms with Crippen LogP contribution in [0.4, 0.5) is 0 Å². The maximum absolute atomic E-state index is 10.1. The number of ether oxygens (including phenoxy) is 1. The van der Waals surface area contributed by atoms with Crippen LogP contribution >= 0.6 is 0 Å². The molecule has 0 unspecified atom stereocenters. The quantitative estimate of drug-likeness (QED) is 0.408. The first-order chi connectivity index (χ1) is 16.0. The number of rotatable bonds is 8. The van der Waals surface area contributed by atoms with Crippen LogP contribution in [0.3, 0.4) is 0 Å². The van der Waals surface area contributed by atoms with E-state index in [9.17, 15) is 5.11 Å². The molecule has 1 atom stereocenters. The van der Waals surface area contributed by atoms with Crippen molar-refractivity contribution in [2.75, 3.05) is 26.2 Å². The van der Waals surface area contributed by atoms with E-state index >= 15 is 0 Å². The molecule has 0 amide bonds. The van der Waals surface area contributed by atoms with E-state index < -0.39 is 0 Å². The number of H-pyrrole nitrogens is 1. The van der Waals surface area contributed by atoms with Crippen LogP contribution in [0.1, 0.15) is 44.1 Å². The van der Waals surface area contributed by atoms with Gasteiger partial charge in [-0.05, 0) is 35.3 Å². The van der Waals surface area contributed by atoms with Crippen LogP contribution in [-0.2, 0) is 0 Å². The van der Waals surface area contributed by atoms with Crippen molar-refractivity contribution in [3.8, 4) is 22.9 Å². The summed E-state index contributed by atoms with van der Waals surface area (Å²) in [6.45, 7) is 9.82. The molecule has 4 heterocycles. The molecule has 0 aliphatic carbocycles. The molecule has 1 aliphatic rings. The molecule has 5 rings (SSSR count). The third-order valence-corrected chi connectivity index (χ3v) is 6.59. The van der Waals surface area contributed by atoms with Crippen LogP contribution in [0, 0.1) is 5.92 Å². The Balaban J connectivity index is 1.14. The molecule has 0 radical (unpaired) electrons. The fourth-order valence-corrected chi connectivity index (χ4v) is 4.11. The lowest BCUT2D eigenvalue weighted by Gasteiger charge is -2.38. The third kappa shape index (κ3) is 4.43. The molecule has 8 heteroatoms. The smallest absolute Gasteiger partial charge is 0.254 e. The van der Waals surface area contributed by atoms with Gasteiger partial charge in [-0.1, -0.05) is 32.9 Å². The predicted molar refractivity (Wildman–Crippen MR) is 125 cm³/mol. The number of aromatic hydroxyl groups is 1. The van der Waals surface area contributed by atoms with Gasteiger partial charge < -0.3 is 19.4 Å². The van der Waals surface area contributed by atoms with Gasteiger partial charge in [-0.3, -0.25) is 4.90 Å². The van der Waals surface area contributed by atoms with Crippen molar-refractivity contribution in [3.05, 3.63) is 53.9 Å². The van der Waals surface area contributed by atoms with Crippen molar-refractivity contribution < 1.29 is 14.4 Å². The summed E-state index contributed by atoms with van der Waals surface area (Å²) in [7, 11) is 0. The van der Waals surface area contributed by atoms with E-state index in [2.05, 4.69) is 52.1 Å². The minimum absolute atomic E-state index is 0.204. The molecule has 1 aromatic carbocycles. The number of aromatic amines is 1. The number of nitrogens with one attached hydrogen (secondary N) is 1. The summed E-state index contributed by atoms with van der Waals surface area (Å²) in [5, 5.41) is 23.7. The van der Waals surface area contributed by atoms with Crippen LogP contribution < -0.4 is 4.74 Å². The maximum atomic E-state index is 10.1. The number of nitrogens with zero attached hydrogens (tertiary/aromatic N) is 4. The third-order valence-electron chi connectivity index (χ3n) is 6.59. The fourth-order valence-electron chi connectivity index (χ4n) is 4.11. The van der Waals surface area contributed by atoms with Gasteiger partial charge in [-0.25, -0.2) is 0 Å². The minimum Gasteiger partial charge on any atom is -0.507 e. The number of benzene rings is 1. The zero-order valence-electron chi connectivity index (χ0n) is 19.2. The Kier molecular flexibility index (Phi) is 5.76. The van der Waals surface area contributed by atoms with Crippen LogP contribution in [0.15, 0.2) is 47.0 Å². The van der Waals surface area contributed by atoms with Crippen LogP contribution in [0.5, 0.6) is 11.6 Å². The van der Waals surface area contributed by atoms with Gasteiger partial charge in [-0.15, -0.1) is 10.2 Å². The van der Waals surface area contributed by atoms with Crippen molar-refractivity contribution in [2.24, 2.45) is 5.92 Å². The highest BCUT2D eigenvalue weighted by Crippen LogP contribution is 2.32. The lowest BCUT2D eigenvalue weighted by Crippen LogP contribution is -2.46. The molecule has 8 nitrogen and oxygen atoms in total. The topological polar surface area (TPSA) is 100 Å². The summed E-state index contributed by atoms with van der Waals surface area (Å²) in [6.07, 6.45) is 0. The van der Waals surface area contributed by atoms with E-state index in [0.29, 0.717) is 41.5 Å². The molecule has 1 saturated heterocycles. The number of para-hydroxylation sites is 1. The fraction of sp³-hybridized carbons (Fsp3) is 0.400. The maximum Gasteiger partial charge on any atom is 0.254 e. The molecular weight excluding hydrogens is 418 g/mol. The Labute approximate surface area is 192 Å². The molecule has 0 spiro atoms. The summed E-state index contributed by atoms with van der Waals surface area (Å²) in [6, 6.07) is 13.2. The summed E-state index contributed by atoms with van der Waals surface area (Å²) < 4.78 is 11.2. The molecule has 0 saturated carbocycles. The number of aromatic nitrogens is 4. The molecule has 0 bridgehead atoms. The Morgan fingerprint density at radius 1 is 1.15 bits per heavy atom. The van der Waals surface area contributed by atoms with E-state index in [0.717, 1.165) is 42.1 Å². The number of phenols is 1. The van der Waals surface area contributed by atoms with E-state index in [-0.39, 0.29) is 5.75 Å². The van der Waals surface area contributed by atoms with Crippen LogP contribution in [0.25, 0.3) is 22.3 Å². The Morgan fingerprint density at radius 3 is 2.76 bits per heavy atom. The van der Waals surface area contributed by atoms with E-state index in [1.54, 1.807) is 12.1 Å². The highest BCUT2D eigenvalue weighted by molar-refractivity contribution is 5.81. The van der Waals surface area contributed by atoms with Crippen LogP contribution in [0.2, 0.25) is 0 Å². The second kappa shape index (κ2) is 8.86. The second-order valence-electron chi connectivity index (χ2n) is 9.18. The molecule has 1 fully saturated rings. The normalized spacial score (nSPS) is 15.8. The highest BCUT2D eigenvalue weighted by Gasteiger charge is 2.29. The van der Waals surface area contributed by atoms with Gasteiger partial charge in [0.05, 0.1) is 5.69 Å². The Bertz CT molecular complexity index is 1240. The number of phenolic OH excluding ortho intramolecular Hbond substituents is 1. The predicted octanol–water partition coefficient (Wildman–Crippen LogP) is 4.56. The first kappa shape index (κ1) is 21.5. The van der Waals surface area contributed by atoms with Gasteiger partial charge in [0, 0.05) is 54.2 Å². The van der Waals surface area contributed by atoms with Crippen molar-refractivity contribution in [2.45, 2.75) is 32.6 Å². The molecular formula is C25H29N5O3. The largest absolute Gasteiger partial charge is 0.507 e. The molecule has 1 aliphatic heterocycles. The molecule has 3 aromatic heterocycles. The highest BCUT2D eigenvalue weighted by atomic mass is 16.5. The number of fused-ring (bicyclic) bond motifs is 1. The van der Waals surface area contributed by atoms with Gasteiger partial charge in [-0.2, -0.15) is 0 Å². The first-order valence-electron chi connectivity index (χ1n) is 11.4. The average Bonchev–Trinajstić information content (AvgIpc) is 3.41. The molecule has 4 aromatic rings. The molecule has 33 heavy (non-hydrogen) atoms. The zero-order valence-corrected chi connectivity index (χ0v) is 19.2. The molecule has 2 N–H and O–H groups in total. The Morgan fingerprint density at radius 2 is 1.97 bits per heavy atom. The summed E-state index contributed by atoms with van der Waals surface area (Å²) >= 11 is 0. The summed E-state index contributed by atoms with van der Waals surface area (Å²) in [5.74, 6) is 2.88. The van der Waals surface area contributed by atoms with Crippen molar-refractivity contribution in [3.63, 3.8) is 0 Å². The summed E-state index contributed by atoms with van der Waals surface area (Å²) in [5.41, 5.74) is 3.28. The zero-order chi connectivity index (χ0) is 22.9. The van der Waals surface area contributed by atoms with Crippen molar-refractivity contribution in [1.29, 1.82) is 0 Å². The van der Waals surface area contributed by atoms with E-state index in [1.807, 2.05) is 24.3 Å². The monoisotopic (exact) mass is 447 g/mol.